The summed E-state index contributed by atoms with van der Waals surface area (Å²) in [5.74, 6) is 2.63. The minimum Gasteiger partial charge on any atom is -0.444 e. The zero-order valence-electron chi connectivity index (χ0n) is 42.6. The summed E-state index contributed by atoms with van der Waals surface area (Å²) in [7, 11) is 0. The number of rotatable bonds is 32. The number of carbonyl (C=O) groups excluding carboxylic acids is 3. The number of anilines is 3. The first-order valence-electron chi connectivity index (χ1n) is 25.1. The van der Waals surface area contributed by atoms with Gasteiger partial charge in [0.25, 0.3) is 0 Å². The van der Waals surface area contributed by atoms with Gasteiger partial charge < -0.3 is 45.4 Å². The Morgan fingerprint density at radius 2 is 1.18 bits per heavy atom. The predicted molar refractivity (Wildman–Crippen MR) is 281 cm³/mol. The summed E-state index contributed by atoms with van der Waals surface area (Å²) in [5.41, 5.74) is 4.06. The Morgan fingerprint density at radius 3 is 1.71 bits per heavy atom. The maximum Gasteiger partial charge on any atom is 0.407 e. The van der Waals surface area contributed by atoms with Crippen molar-refractivity contribution in [1.82, 2.24) is 50.0 Å². The molecular formula is C52H73N13O6S. The number of nitrogens with one attached hydrogen (secondary N) is 6. The van der Waals surface area contributed by atoms with Gasteiger partial charge in [0.2, 0.25) is 11.8 Å². The van der Waals surface area contributed by atoms with Gasteiger partial charge >= 0.3 is 6.09 Å². The number of nitrogens with zero attached hydrogens (tertiary/aromatic N) is 7. The molecule has 0 aliphatic carbocycles. The number of alkyl carbamates (subject to hydrolysis) is 1. The fraction of sp³-hybridized carbons (Fsp3) is 0.500. The fourth-order valence-electron chi connectivity index (χ4n) is 7.75. The normalized spacial score (nSPS) is 11.7. The van der Waals surface area contributed by atoms with Crippen LogP contribution in [0, 0.1) is 0 Å². The molecular weight excluding hydrogens is 935 g/mol. The molecule has 0 bridgehead atoms. The fourth-order valence-corrected chi connectivity index (χ4v) is 8.80. The van der Waals surface area contributed by atoms with Crippen molar-refractivity contribution in [1.29, 1.82) is 0 Å². The van der Waals surface area contributed by atoms with Crippen molar-refractivity contribution in [2.45, 2.75) is 131 Å². The summed E-state index contributed by atoms with van der Waals surface area (Å²) in [4.78, 5) is 72.5. The molecule has 20 heteroatoms. The van der Waals surface area contributed by atoms with E-state index in [1.807, 2.05) is 69.6 Å². The second-order valence-corrected chi connectivity index (χ2v) is 19.6. The molecule has 0 aliphatic rings. The molecule has 0 radical (unpaired) electrons. The first kappa shape index (κ1) is 55.0. The molecule has 19 nitrogen and oxygen atoms in total. The van der Waals surface area contributed by atoms with Gasteiger partial charge in [-0.15, -0.1) is 0 Å². The molecule has 0 saturated heterocycles. The molecule has 5 heterocycles. The standard InChI is InChI=1S/C52H73N13O6S/c1-6-8-10-18-46(66)61-42-16-12-14-40(59-42)34-64(36-44-53-22-23-54-44)32-38-20-21-39(49-48(38)63-50(72-49)57-26-28-69-30-31-70-29-27-58-51(68)71-52(3,4)5)33-65(37-45-55-24-25-56-45)35-41-15-13-17-43(60-41)62-47(67)19-11-9-7-2/h12-17,20-25H,6-11,18-19,26-37H2,1-5H3,(H,53,54)(H,55,56)(H,57,63)(H,58,68)(H,59,61,66)(H,60,62,67). The van der Waals surface area contributed by atoms with Crippen LogP contribution in [0.1, 0.15) is 120 Å². The largest absolute Gasteiger partial charge is 0.444 e. The molecule has 388 valence electrons. The lowest BCUT2D eigenvalue weighted by atomic mass is 10.1. The smallest absolute Gasteiger partial charge is 0.407 e. The number of aromatic nitrogens is 7. The van der Waals surface area contributed by atoms with Gasteiger partial charge in [0.1, 0.15) is 28.9 Å². The minimum atomic E-state index is -0.560. The van der Waals surface area contributed by atoms with Crippen molar-refractivity contribution in [2.75, 3.05) is 55.5 Å². The number of benzene rings is 1. The first-order valence-corrected chi connectivity index (χ1v) is 25.9. The van der Waals surface area contributed by atoms with Crippen molar-refractivity contribution in [3.8, 4) is 0 Å². The molecule has 0 fully saturated rings. The first-order chi connectivity index (χ1) is 34.9. The SMILES string of the molecule is CCCCCC(=O)Nc1cccc(CN(Cc2ncc[nH]2)Cc2ccc(CN(Cc3cccc(NC(=O)CCCCC)n3)Cc3ncc[nH]3)c3sc(NCCOCCOCCNC(=O)OC(C)(C)C)nc23)n1. The topological polar surface area (TPSA) is 230 Å². The number of amides is 3. The lowest BCUT2D eigenvalue weighted by Gasteiger charge is -2.23. The Bertz CT molecular complexity index is 2400. The molecule has 0 aliphatic heterocycles. The summed E-state index contributed by atoms with van der Waals surface area (Å²) >= 11 is 1.60. The number of aromatic amines is 2. The van der Waals surface area contributed by atoms with E-state index in [0.29, 0.717) is 103 Å². The molecule has 3 amide bonds. The number of carbonyl (C=O) groups is 3. The third kappa shape index (κ3) is 19.7. The van der Waals surface area contributed by atoms with Crippen molar-refractivity contribution >= 4 is 56.2 Å². The Hall–Kier alpha value is -6.32. The maximum absolute atomic E-state index is 12.7. The second-order valence-electron chi connectivity index (χ2n) is 18.6. The number of H-pyrrole nitrogens is 2. The van der Waals surface area contributed by atoms with E-state index in [1.165, 1.54) is 0 Å². The summed E-state index contributed by atoms with van der Waals surface area (Å²) in [6.45, 7) is 15.2. The average molecular weight is 1010 g/mol. The summed E-state index contributed by atoms with van der Waals surface area (Å²) in [5, 5.41) is 12.9. The average Bonchev–Trinajstić information content (AvgIpc) is 4.14. The van der Waals surface area contributed by atoms with Gasteiger partial charge in [0, 0.05) is 76.9 Å². The van der Waals surface area contributed by atoms with Crippen LogP contribution in [-0.4, -0.2) is 108 Å². The quantitative estimate of drug-likeness (QED) is 0.0217. The number of ether oxygens (including phenoxy) is 3. The third-order valence-corrected chi connectivity index (χ3v) is 12.2. The molecule has 0 saturated carbocycles. The Labute approximate surface area is 427 Å². The number of pyridine rings is 2. The van der Waals surface area contributed by atoms with Crippen molar-refractivity contribution in [2.24, 2.45) is 0 Å². The highest BCUT2D eigenvalue weighted by atomic mass is 32.1. The van der Waals surface area contributed by atoms with Crippen LogP contribution >= 0.6 is 11.3 Å². The summed E-state index contributed by atoms with van der Waals surface area (Å²) in [6.07, 6.45) is 13.4. The number of hydrogen-bond donors (Lipinski definition) is 6. The Kier molecular flexibility index (Phi) is 22.4. The molecule has 5 aromatic heterocycles. The van der Waals surface area contributed by atoms with Crippen LogP contribution in [-0.2, 0) is 63.1 Å². The second kappa shape index (κ2) is 29.3. The lowest BCUT2D eigenvalue weighted by molar-refractivity contribution is -0.117. The third-order valence-electron chi connectivity index (χ3n) is 11.1. The highest BCUT2D eigenvalue weighted by Gasteiger charge is 2.21. The van der Waals surface area contributed by atoms with Gasteiger partial charge in [-0.25, -0.2) is 29.7 Å². The predicted octanol–water partition coefficient (Wildman–Crippen LogP) is 8.94. The number of unbranched alkanes of at least 4 members (excludes halogenated alkanes) is 4. The Morgan fingerprint density at radius 1 is 0.639 bits per heavy atom. The molecule has 1 aromatic carbocycles. The van der Waals surface area contributed by atoms with E-state index in [1.54, 1.807) is 23.7 Å². The van der Waals surface area contributed by atoms with Gasteiger partial charge in [0.15, 0.2) is 5.13 Å². The van der Waals surface area contributed by atoms with Crippen LogP contribution in [0.3, 0.4) is 0 Å². The van der Waals surface area contributed by atoms with Crippen LogP contribution in [0.4, 0.5) is 21.6 Å². The number of hydrogen-bond acceptors (Lipinski definition) is 15. The monoisotopic (exact) mass is 1010 g/mol. The van der Waals surface area contributed by atoms with E-state index in [9.17, 15) is 14.4 Å². The van der Waals surface area contributed by atoms with Crippen molar-refractivity contribution < 1.29 is 28.6 Å². The van der Waals surface area contributed by atoms with E-state index in [0.717, 1.165) is 88.0 Å². The van der Waals surface area contributed by atoms with Gasteiger partial charge in [-0.05, 0) is 69.0 Å². The minimum absolute atomic E-state index is 0.0334. The molecule has 0 spiro atoms. The number of imidazole rings is 2. The maximum atomic E-state index is 12.7. The van der Waals surface area contributed by atoms with Crippen LogP contribution < -0.4 is 21.3 Å². The Balaban J connectivity index is 1.20. The number of thiazole rings is 1. The highest BCUT2D eigenvalue weighted by molar-refractivity contribution is 7.22. The van der Waals surface area contributed by atoms with Crippen LogP contribution in [0.5, 0.6) is 0 Å². The van der Waals surface area contributed by atoms with Crippen LogP contribution in [0.25, 0.3) is 10.2 Å². The van der Waals surface area contributed by atoms with Gasteiger partial charge in [-0.1, -0.05) is 75.1 Å². The molecule has 6 N–H and O–H groups in total. The molecule has 72 heavy (non-hydrogen) atoms. The molecule has 0 unspecified atom stereocenters. The highest BCUT2D eigenvalue weighted by Crippen LogP contribution is 2.34. The van der Waals surface area contributed by atoms with Gasteiger partial charge in [-0.2, -0.15) is 0 Å². The van der Waals surface area contributed by atoms with Crippen LogP contribution in [0.2, 0.25) is 0 Å². The zero-order chi connectivity index (χ0) is 51.0. The van der Waals surface area contributed by atoms with Crippen molar-refractivity contribution in [3.63, 3.8) is 0 Å². The van der Waals surface area contributed by atoms with Gasteiger partial charge in [-0.3, -0.25) is 19.4 Å². The van der Waals surface area contributed by atoms with E-state index in [4.69, 9.17) is 29.2 Å². The molecule has 6 aromatic rings. The van der Waals surface area contributed by atoms with E-state index in [-0.39, 0.29) is 11.8 Å². The van der Waals surface area contributed by atoms with Gasteiger partial charge in [0.05, 0.1) is 61.1 Å². The van der Waals surface area contributed by atoms with E-state index >= 15 is 0 Å². The summed E-state index contributed by atoms with van der Waals surface area (Å²) < 4.78 is 17.8. The molecule has 6 rings (SSSR count). The lowest BCUT2D eigenvalue weighted by Crippen LogP contribution is -2.34. The van der Waals surface area contributed by atoms with Crippen molar-refractivity contribution in [3.05, 3.63) is 107 Å². The van der Waals surface area contributed by atoms with Crippen LogP contribution in [0.15, 0.2) is 73.3 Å². The van der Waals surface area contributed by atoms with E-state index < -0.39 is 11.7 Å². The molecule has 0 atom stereocenters. The summed E-state index contributed by atoms with van der Waals surface area (Å²) in [6, 6.07) is 15.8. The number of fused-ring (bicyclic) bond motifs is 1. The van der Waals surface area contributed by atoms with E-state index in [2.05, 4.69) is 77.0 Å². The zero-order valence-corrected chi connectivity index (χ0v) is 43.4.